The van der Waals surface area contributed by atoms with E-state index < -0.39 is 5.67 Å². The Morgan fingerprint density at radius 1 is 1.17 bits per heavy atom. The van der Waals surface area contributed by atoms with E-state index in [1.165, 1.54) is 18.4 Å². The minimum atomic E-state index is -0.964. The minimum absolute atomic E-state index is 0.293. The molecule has 0 aliphatic carbocycles. The molecule has 0 amide bonds. The van der Waals surface area contributed by atoms with Gasteiger partial charge in [-0.25, -0.2) is 4.39 Å². The van der Waals surface area contributed by atoms with E-state index in [0.717, 1.165) is 61.2 Å². The maximum absolute atomic E-state index is 14.0. The number of piperidine rings is 2. The summed E-state index contributed by atoms with van der Waals surface area (Å²) in [5.74, 6) is 1.00. The van der Waals surface area contributed by atoms with Crippen LogP contribution < -0.4 is 11.1 Å². The smallest absolute Gasteiger partial charge is 0.110 e. The third-order valence-corrected chi connectivity index (χ3v) is 7.59. The number of likely N-dealkylation sites (tertiary alicyclic amines) is 2. The number of benzene rings is 1. The van der Waals surface area contributed by atoms with Gasteiger partial charge in [-0.3, -0.25) is 4.90 Å². The maximum Gasteiger partial charge on any atom is 0.110 e. The standard InChI is InChI=1S/C26H39ClFN3S.C2H7N/c1-20(15-21-3-5-25(32)6-4-21)23(17-29)16-24(27)19-30-11-7-22(8-12-30)18-31-13-9-26(2,28)10-14-31;1-3-2/h3-6,16-17,20,22,32H,7-15,18-19,29H2,1-2H3;3H,1-2H3/b23-17+,24-16+;. The summed E-state index contributed by atoms with van der Waals surface area (Å²) in [7, 11) is 3.75. The first-order valence-corrected chi connectivity index (χ1v) is 13.8. The summed E-state index contributed by atoms with van der Waals surface area (Å²) in [5.41, 5.74) is 7.32. The highest BCUT2D eigenvalue weighted by Gasteiger charge is 2.31. The quantitative estimate of drug-likeness (QED) is 0.311. The summed E-state index contributed by atoms with van der Waals surface area (Å²) < 4.78 is 14.0. The van der Waals surface area contributed by atoms with Gasteiger partial charge in [0.1, 0.15) is 5.67 Å². The van der Waals surface area contributed by atoms with Crippen molar-refractivity contribution in [2.24, 2.45) is 17.6 Å². The van der Waals surface area contributed by atoms with E-state index in [1.54, 1.807) is 13.1 Å². The SMILES string of the molecule is CC(Cc1ccc(S)cc1)C(=C/N)/C=C(/Cl)CN1CCC(CN2CCC(C)(F)CC2)CC1.CNC. The van der Waals surface area contributed by atoms with Crippen LogP contribution in [-0.2, 0) is 6.42 Å². The number of alkyl halides is 1. The highest BCUT2D eigenvalue weighted by atomic mass is 35.5. The second kappa shape index (κ2) is 15.3. The van der Waals surface area contributed by atoms with E-state index in [-0.39, 0.29) is 0 Å². The first-order chi connectivity index (χ1) is 16.7. The molecule has 0 bridgehead atoms. The molecule has 4 nitrogen and oxygen atoms in total. The molecule has 1 unspecified atom stereocenters. The monoisotopic (exact) mass is 524 g/mol. The molecule has 0 saturated carbocycles. The molecule has 0 radical (unpaired) electrons. The summed E-state index contributed by atoms with van der Waals surface area (Å²) in [6, 6.07) is 8.27. The number of hydrogen-bond acceptors (Lipinski definition) is 5. The number of rotatable bonds is 8. The molecule has 198 valence electrons. The van der Waals surface area contributed by atoms with E-state index in [1.807, 2.05) is 32.3 Å². The van der Waals surface area contributed by atoms with Gasteiger partial charge in [0.15, 0.2) is 0 Å². The Balaban J connectivity index is 0.00000137. The first-order valence-electron chi connectivity index (χ1n) is 12.9. The summed E-state index contributed by atoms with van der Waals surface area (Å²) in [5, 5.41) is 3.59. The third-order valence-electron chi connectivity index (χ3n) is 7.06. The van der Waals surface area contributed by atoms with Gasteiger partial charge in [0, 0.05) is 36.1 Å². The molecule has 1 atom stereocenters. The van der Waals surface area contributed by atoms with Crippen LogP contribution in [0.25, 0.3) is 0 Å². The fourth-order valence-corrected chi connectivity index (χ4v) is 5.24. The Bertz CT molecular complexity index is 794. The zero-order chi connectivity index (χ0) is 25.8. The van der Waals surface area contributed by atoms with Crippen LogP contribution in [0.2, 0.25) is 0 Å². The Morgan fingerprint density at radius 3 is 2.29 bits per heavy atom. The molecular formula is C28H46ClFN4S. The number of halogens is 2. The molecule has 2 aliphatic heterocycles. The molecule has 1 aromatic rings. The zero-order valence-corrected chi connectivity index (χ0v) is 23.7. The van der Waals surface area contributed by atoms with Gasteiger partial charge in [0.2, 0.25) is 0 Å². The number of nitrogens with zero attached hydrogens (tertiary/aromatic N) is 2. The van der Waals surface area contributed by atoms with Gasteiger partial charge in [-0.1, -0.05) is 30.7 Å². The second-order valence-electron chi connectivity index (χ2n) is 10.5. The van der Waals surface area contributed by atoms with Crippen molar-refractivity contribution in [1.82, 2.24) is 15.1 Å². The first kappa shape index (κ1) is 30.2. The highest BCUT2D eigenvalue weighted by Crippen LogP contribution is 2.28. The van der Waals surface area contributed by atoms with E-state index in [4.69, 9.17) is 17.3 Å². The van der Waals surface area contributed by atoms with Crippen molar-refractivity contribution in [1.29, 1.82) is 0 Å². The summed E-state index contributed by atoms with van der Waals surface area (Å²) >= 11 is 11.0. The average molecular weight is 525 g/mol. The lowest BCUT2D eigenvalue weighted by Crippen LogP contribution is -2.44. The zero-order valence-electron chi connectivity index (χ0n) is 22.1. The molecule has 3 rings (SSSR count). The normalized spacial score (nSPS) is 21.3. The number of allylic oxidation sites excluding steroid dienone is 2. The largest absolute Gasteiger partial charge is 0.404 e. The van der Waals surface area contributed by atoms with Crippen molar-refractivity contribution in [2.75, 3.05) is 53.4 Å². The van der Waals surface area contributed by atoms with Gasteiger partial charge < -0.3 is 16.0 Å². The van der Waals surface area contributed by atoms with Gasteiger partial charge in [0.25, 0.3) is 0 Å². The van der Waals surface area contributed by atoms with E-state index in [2.05, 4.69) is 46.8 Å². The van der Waals surface area contributed by atoms with Crippen LogP contribution in [0.5, 0.6) is 0 Å². The molecule has 2 aliphatic rings. The lowest BCUT2D eigenvalue weighted by molar-refractivity contribution is 0.0574. The summed E-state index contributed by atoms with van der Waals surface area (Å²) in [6.07, 6.45) is 8.36. The van der Waals surface area contributed by atoms with Gasteiger partial charge in [-0.05, 0) is 114 Å². The number of hydrogen-bond donors (Lipinski definition) is 3. The lowest BCUT2D eigenvalue weighted by atomic mass is 9.92. The van der Waals surface area contributed by atoms with E-state index in [9.17, 15) is 4.39 Å². The van der Waals surface area contributed by atoms with Crippen LogP contribution in [0.3, 0.4) is 0 Å². The van der Waals surface area contributed by atoms with Gasteiger partial charge in [-0.15, -0.1) is 12.6 Å². The van der Waals surface area contributed by atoms with Crippen molar-refractivity contribution in [3.05, 3.63) is 52.7 Å². The van der Waals surface area contributed by atoms with Crippen LogP contribution >= 0.6 is 24.2 Å². The highest BCUT2D eigenvalue weighted by molar-refractivity contribution is 7.80. The molecule has 7 heteroatoms. The topological polar surface area (TPSA) is 44.5 Å². The Labute approximate surface area is 223 Å². The van der Waals surface area contributed by atoms with Crippen molar-refractivity contribution in [2.45, 2.75) is 56.5 Å². The molecule has 2 heterocycles. The number of nitrogens with two attached hydrogens (primary N) is 1. The van der Waals surface area contributed by atoms with Gasteiger partial charge >= 0.3 is 0 Å². The van der Waals surface area contributed by atoms with Gasteiger partial charge in [0.05, 0.1) is 0 Å². The van der Waals surface area contributed by atoms with Crippen LogP contribution in [0.1, 0.15) is 45.1 Å². The predicted molar refractivity (Wildman–Crippen MR) is 152 cm³/mol. The van der Waals surface area contributed by atoms with E-state index >= 15 is 0 Å². The van der Waals surface area contributed by atoms with Crippen LogP contribution in [-0.4, -0.2) is 68.8 Å². The summed E-state index contributed by atoms with van der Waals surface area (Å²) in [4.78, 5) is 5.87. The van der Waals surface area contributed by atoms with Crippen molar-refractivity contribution in [3.63, 3.8) is 0 Å². The Hall–Kier alpha value is -1.05. The Morgan fingerprint density at radius 2 is 1.74 bits per heavy atom. The van der Waals surface area contributed by atoms with Crippen LogP contribution in [0, 0.1) is 11.8 Å². The molecule has 1 aromatic carbocycles. The predicted octanol–water partition coefficient (Wildman–Crippen LogP) is 5.49. The van der Waals surface area contributed by atoms with Crippen molar-refractivity contribution < 1.29 is 4.39 Å². The number of thiol groups is 1. The van der Waals surface area contributed by atoms with Crippen molar-refractivity contribution in [3.8, 4) is 0 Å². The molecule has 2 saturated heterocycles. The average Bonchev–Trinajstić information content (AvgIpc) is 2.82. The molecule has 2 fully saturated rings. The molecule has 0 spiro atoms. The van der Waals surface area contributed by atoms with Crippen LogP contribution in [0.15, 0.2) is 52.0 Å². The lowest BCUT2D eigenvalue weighted by Gasteiger charge is -2.38. The fraction of sp³-hybridized carbons (Fsp3) is 0.643. The maximum atomic E-state index is 14.0. The number of nitrogens with one attached hydrogen (secondary N) is 1. The Kier molecular flexibility index (Phi) is 13.2. The molecule has 3 N–H and O–H groups in total. The summed E-state index contributed by atoms with van der Waals surface area (Å²) in [6.45, 7) is 9.74. The molecular weight excluding hydrogens is 479 g/mol. The second-order valence-corrected chi connectivity index (χ2v) is 11.5. The molecule has 0 aromatic heterocycles. The van der Waals surface area contributed by atoms with Gasteiger partial charge in [-0.2, -0.15) is 0 Å². The van der Waals surface area contributed by atoms with E-state index in [0.29, 0.717) is 24.7 Å². The minimum Gasteiger partial charge on any atom is -0.404 e. The molecule has 35 heavy (non-hydrogen) atoms. The third kappa shape index (κ3) is 11.3. The fourth-order valence-electron chi connectivity index (χ4n) is 4.79. The van der Waals surface area contributed by atoms with Crippen molar-refractivity contribution >= 4 is 24.2 Å². The van der Waals surface area contributed by atoms with Crippen LogP contribution in [0.4, 0.5) is 4.39 Å².